The first-order valence-electron chi connectivity index (χ1n) is 7.52. The van der Waals surface area contributed by atoms with E-state index in [2.05, 4.69) is 5.32 Å². The fourth-order valence-electron chi connectivity index (χ4n) is 2.93. The van der Waals surface area contributed by atoms with E-state index >= 15 is 0 Å². The van der Waals surface area contributed by atoms with Crippen LogP contribution >= 0.6 is 0 Å². The average Bonchev–Trinajstić information content (AvgIpc) is 3.14. The molecule has 2 atom stereocenters. The van der Waals surface area contributed by atoms with Gasteiger partial charge >= 0.3 is 6.18 Å². The van der Waals surface area contributed by atoms with Crippen molar-refractivity contribution in [3.63, 3.8) is 0 Å². The van der Waals surface area contributed by atoms with Crippen molar-refractivity contribution in [2.75, 3.05) is 19.8 Å². The molecular weight excluding hydrogens is 279 g/mol. The molecule has 116 valence electrons. The highest BCUT2D eigenvalue weighted by Gasteiger charge is 2.35. The average molecular weight is 299 g/mol. The molecule has 1 aliphatic carbocycles. The molecule has 0 bridgehead atoms. The van der Waals surface area contributed by atoms with Crippen LogP contribution in [0.4, 0.5) is 13.2 Å². The number of hydrogen-bond donors (Lipinski definition) is 1. The van der Waals surface area contributed by atoms with Gasteiger partial charge in [0.05, 0.1) is 12.2 Å². The third-order valence-electron chi connectivity index (χ3n) is 4.32. The van der Waals surface area contributed by atoms with Crippen LogP contribution in [0.25, 0.3) is 0 Å². The first-order valence-corrected chi connectivity index (χ1v) is 7.52. The van der Waals surface area contributed by atoms with Crippen molar-refractivity contribution < 1.29 is 17.9 Å². The molecule has 0 spiro atoms. The Bertz CT molecular complexity index is 479. The largest absolute Gasteiger partial charge is 0.416 e. The van der Waals surface area contributed by atoms with Gasteiger partial charge in [-0.25, -0.2) is 0 Å². The molecule has 2 aliphatic rings. The summed E-state index contributed by atoms with van der Waals surface area (Å²) in [7, 11) is 0. The molecule has 2 nitrogen and oxygen atoms in total. The maximum absolute atomic E-state index is 12.8. The number of halogens is 3. The Morgan fingerprint density at radius 2 is 2.05 bits per heavy atom. The van der Waals surface area contributed by atoms with Crippen molar-refractivity contribution in [2.24, 2.45) is 11.8 Å². The minimum absolute atomic E-state index is 0.0351. The molecule has 2 fully saturated rings. The summed E-state index contributed by atoms with van der Waals surface area (Å²) in [6.45, 7) is 2.37. The summed E-state index contributed by atoms with van der Waals surface area (Å²) in [5.41, 5.74) is 0.197. The van der Waals surface area contributed by atoms with Gasteiger partial charge in [0.15, 0.2) is 0 Å². The highest BCUT2D eigenvalue weighted by molar-refractivity contribution is 5.29. The van der Waals surface area contributed by atoms with Crippen LogP contribution in [0.2, 0.25) is 0 Å². The summed E-state index contributed by atoms with van der Waals surface area (Å²) in [5.74, 6) is 0.952. The van der Waals surface area contributed by atoms with Crippen LogP contribution in [-0.4, -0.2) is 19.8 Å². The molecule has 0 aromatic heterocycles. The van der Waals surface area contributed by atoms with Crippen molar-refractivity contribution >= 4 is 0 Å². The smallest absolute Gasteiger partial charge is 0.381 e. The molecule has 1 aromatic carbocycles. The van der Waals surface area contributed by atoms with E-state index in [0.29, 0.717) is 11.8 Å². The highest BCUT2D eigenvalue weighted by atomic mass is 19.4. The van der Waals surface area contributed by atoms with Gasteiger partial charge in [0.25, 0.3) is 0 Å². The predicted molar refractivity (Wildman–Crippen MR) is 73.8 cm³/mol. The second-order valence-electron chi connectivity index (χ2n) is 6.08. The molecule has 1 aromatic rings. The van der Waals surface area contributed by atoms with Crippen LogP contribution in [-0.2, 0) is 10.9 Å². The van der Waals surface area contributed by atoms with Gasteiger partial charge in [-0.3, -0.25) is 0 Å². The molecule has 21 heavy (non-hydrogen) atoms. The Morgan fingerprint density at radius 1 is 1.24 bits per heavy atom. The Balaban J connectivity index is 1.71. The lowest BCUT2D eigenvalue weighted by molar-refractivity contribution is -0.137. The molecule has 0 radical (unpaired) electrons. The normalized spacial score (nSPS) is 24.2. The van der Waals surface area contributed by atoms with Crippen LogP contribution in [0.15, 0.2) is 24.3 Å². The summed E-state index contributed by atoms with van der Waals surface area (Å²) in [4.78, 5) is 0. The number of nitrogens with one attached hydrogen (secondary N) is 1. The number of rotatable bonds is 5. The Kier molecular flexibility index (Phi) is 4.22. The fraction of sp³-hybridized carbons (Fsp3) is 0.625. The van der Waals surface area contributed by atoms with E-state index < -0.39 is 11.7 Å². The van der Waals surface area contributed by atoms with Gasteiger partial charge in [-0.2, -0.15) is 13.2 Å². The molecule has 5 heteroatoms. The zero-order valence-electron chi connectivity index (χ0n) is 11.8. The van der Waals surface area contributed by atoms with Crippen molar-refractivity contribution in [3.8, 4) is 0 Å². The predicted octanol–water partition coefficient (Wildman–Crippen LogP) is 3.78. The molecule has 1 N–H and O–H groups in total. The molecule has 1 heterocycles. The Labute approximate surface area is 122 Å². The van der Waals surface area contributed by atoms with Crippen LogP contribution in [0, 0.1) is 11.8 Å². The topological polar surface area (TPSA) is 21.3 Å². The van der Waals surface area contributed by atoms with Crippen molar-refractivity contribution in [1.29, 1.82) is 0 Å². The van der Waals surface area contributed by atoms with Gasteiger partial charge in [0, 0.05) is 19.2 Å². The number of ether oxygens (including phenoxy) is 1. The standard InChI is InChI=1S/C16H20F3NO/c17-16(18,19)14-3-1-2-13(8-14)15(12-4-5-12)20-9-11-6-7-21-10-11/h1-3,8,11-12,15,20H,4-7,9-10H2/t11-,15+/m0/s1. The SMILES string of the molecule is FC(F)(F)c1cccc([C@H](NC[C@@H]2CCOC2)C2CC2)c1. The van der Waals surface area contributed by atoms with Gasteiger partial charge < -0.3 is 10.1 Å². The first-order chi connectivity index (χ1) is 10.0. The van der Waals surface area contributed by atoms with E-state index in [1.54, 1.807) is 6.07 Å². The lowest BCUT2D eigenvalue weighted by atomic mass is 9.99. The maximum Gasteiger partial charge on any atom is 0.416 e. The summed E-state index contributed by atoms with van der Waals surface area (Å²) in [6, 6.07) is 5.77. The third kappa shape index (κ3) is 3.77. The van der Waals surface area contributed by atoms with Crippen LogP contribution in [0.1, 0.15) is 36.4 Å². The third-order valence-corrected chi connectivity index (χ3v) is 4.32. The molecule has 1 saturated heterocycles. The molecule has 0 amide bonds. The molecule has 0 unspecified atom stereocenters. The Morgan fingerprint density at radius 3 is 2.67 bits per heavy atom. The van der Waals surface area contributed by atoms with Gasteiger partial charge in [-0.1, -0.05) is 12.1 Å². The summed E-state index contributed by atoms with van der Waals surface area (Å²) in [5, 5.41) is 3.47. The monoisotopic (exact) mass is 299 g/mol. The lowest BCUT2D eigenvalue weighted by Crippen LogP contribution is -2.29. The second kappa shape index (κ2) is 5.97. The zero-order valence-corrected chi connectivity index (χ0v) is 11.8. The van der Waals surface area contributed by atoms with Crippen molar-refractivity contribution in [2.45, 2.75) is 31.5 Å². The lowest BCUT2D eigenvalue weighted by Gasteiger charge is -2.21. The van der Waals surface area contributed by atoms with E-state index in [9.17, 15) is 13.2 Å². The molecule has 1 saturated carbocycles. The van der Waals surface area contributed by atoms with E-state index in [-0.39, 0.29) is 6.04 Å². The minimum Gasteiger partial charge on any atom is -0.381 e. The quantitative estimate of drug-likeness (QED) is 0.893. The second-order valence-corrected chi connectivity index (χ2v) is 6.08. The van der Waals surface area contributed by atoms with E-state index in [1.807, 2.05) is 0 Å². The first kappa shape index (κ1) is 14.9. The van der Waals surface area contributed by atoms with Crippen LogP contribution in [0.3, 0.4) is 0 Å². The fourth-order valence-corrected chi connectivity index (χ4v) is 2.93. The van der Waals surface area contributed by atoms with Crippen LogP contribution < -0.4 is 5.32 Å². The highest BCUT2D eigenvalue weighted by Crippen LogP contribution is 2.42. The van der Waals surface area contributed by atoms with E-state index in [1.165, 1.54) is 12.1 Å². The van der Waals surface area contributed by atoms with Gasteiger partial charge in [-0.15, -0.1) is 0 Å². The number of benzene rings is 1. The number of alkyl halides is 3. The minimum atomic E-state index is -4.27. The zero-order chi connectivity index (χ0) is 14.9. The summed E-state index contributed by atoms with van der Waals surface area (Å²) < 4.78 is 43.9. The van der Waals surface area contributed by atoms with Crippen molar-refractivity contribution in [1.82, 2.24) is 5.32 Å². The summed E-state index contributed by atoms with van der Waals surface area (Å²) >= 11 is 0. The molecular formula is C16H20F3NO. The van der Waals surface area contributed by atoms with Crippen molar-refractivity contribution in [3.05, 3.63) is 35.4 Å². The number of hydrogen-bond acceptors (Lipinski definition) is 2. The van der Waals surface area contributed by atoms with E-state index in [4.69, 9.17) is 4.74 Å². The van der Waals surface area contributed by atoms with Gasteiger partial charge in [0.1, 0.15) is 0 Å². The van der Waals surface area contributed by atoms with Gasteiger partial charge in [-0.05, 0) is 48.8 Å². The summed E-state index contributed by atoms with van der Waals surface area (Å²) in [6.07, 6.45) is -1.06. The molecule has 3 rings (SSSR count). The van der Waals surface area contributed by atoms with Crippen LogP contribution in [0.5, 0.6) is 0 Å². The Hall–Kier alpha value is -1.07. The van der Waals surface area contributed by atoms with E-state index in [0.717, 1.165) is 50.7 Å². The maximum atomic E-state index is 12.8. The van der Waals surface area contributed by atoms with Gasteiger partial charge in [0.2, 0.25) is 0 Å². The molecule has 1 aliphatic heterocycles.